The topological polar surface area (TPSA) is 24.5 Å². The summed E-state index contributed by atoms with van der Waals surface area (Å²) in [4.78, 5) is 2.57. The van der Waals surface area contributed by atoms with Gasteiger partial charge in [0, 0.05) is 31.2 Å². The first kappa shape index (κ1) is 11.4. The molecule has 0 aromatic rings. The average molecular weight is 212 g/mol. The van der Waals surface area contributed by atoms with Crippen molar-refractivity contribution in [3.63, 3.8) is 0 Å². The highest BCUT2D eigenvalue weighted by atomic mass is 16.5. The Hall–Kier alpha value is -0.120. The van der Waals surface area contributed by atoms with Gasteiger partial charge in [0.15, 0.2) is 0 Å². The predicted molar refractivity (Wildman–Crippen MR) is 62.1 cm³/mol. The van der Waals surface area contributed by atoms with Gasteiger partial charge in [-0.1, -0.05) is 0 Å². The summed E-state index contributed by atoms with van der Waals surface area (Å²) in [6, 6.07) is 2.02. The van der Waals surface area contributed by atoms with Gasteiger partial charge < -0.3 is 10.1 Å². The minimum absolute atomic E-state index is 0.393. The van der Waals surface area contributed by atoms with Gasteiger partial charge in [0.05, 0.1) is 12.7 Å². The zero-order valence-electron chi connectivity index (χ0n) is 10.2. The second-order valence-electron chi connectivity index (χ2n) is 5.22. The summed E-state index contributed by atoms with van der Waals surface area (Å²) in [6.45, 7) is 9.84. The van der Waals surface area contributed by atoms with Crippen LogP contribution in [0.2, 0.25) is 0 Å². The fraction of sp³-hybridized carbons (Fsp3) is 1.00. The number of rotatable bonds is 4. The molecule has 0 bridgehead atoms. The molecule has 0 amide bonds. The van der Waals surface area contributed by atoms with Crippen molar-refractivity contribution in [1.82, 2.24) is 10.2 Å². The van der Waals surface area contributed by atoms with Crippen molar-refractivity contribution in [2.75, 3.05) is 19.7 Å². The van der Waals surface area contributed by atoms with Gasteiger partial charge in [0.2, 0.25) is 0 Å². The van der Waals surface area contributed by atoms with Crippen LogP contribution >= 0.6 is 0 Å². The molecule has 1 aliphatic heterocycles. The zero-order chi connectivity index (χ0) is 10.8. The van der Waals surface area contributed by atoms with E-state index in [2.05, 4.69) is 31.0 Å². The smallest absolute Gasteiger partial charge is 0.0674 e. The summed E-state index contributed by atoms with van der Waals surface area (Å²) in [7, 11) is 0. The predicted octanol–water partition coefficient (Wildman–Crippen LogP) is 1.24. The normalized spacial score (nSPS) is 35.4. The largest absolute Gasteiger partial charge is 0.376 e. The molecule has 0 spiro atoms. The number of nitrogens with zero attached hydrogens (tertiary/aromatic N) is 1. The Kier molecular flexibility index (Phi) is 3.65. The lowest BCUT2D eigenvalue weighted by Crippen LogP contribution is -2.53. The van der Waals surface area contributed by atoms with E-state index in [0.717, 1.165) is 25.7 Å². The summed E-state index contributed by atoms with van der Waals surface area (Å²) in [5.41, 5.74) is 0. The first-order chi connectivity index (χ1) is 7.16. The maximum absolute atomic E-state index is 5.65. The monoisotopic (exact) mass is 212 g/mol. The maximum Gasteiger partial charge on any atom is 0.0674 e. The first-order valence-electron chi connectivity index (χ1n) is 6.27. The third-order valence-electron chi connectivity index (χ3n) is 3.50. The molecule has 1 saturated carbocycles. The van der Waals surface area contributed by atoms with Crippen LogP contribution in [0.5, 0.6) is 0 Å². The van der Waals surface area contributed by atoms with Crippen LogP contribution in [0.1, 0.15) is 33.6 Å². The molecule has 1 saturated heterocycles. The molecule has 88 valence electrons. The quantitative estimate of drug-likeness (QED) is 0.759. The molecule has 0 aromatic carbocycles. The van der Waals surface area contributed by atoms with Gasteiger partial charge in [-0.05, 0) is 33.6 Å². The Morgan fingerprint density at radius 3 is 2.80 bits per heavy atom. The summed E-state index contributed by atoms with van der Waals surface area (Å²) in [5.74, 6) is 0. The number of morpholine rings is 1. The summed E-state index contributed by atoms with van der Waals surface area (Å²) in [6.07, 6.45) is 3.15. The molecule has 2 fully saturated rings. The number of nitrogens with one attached hydrogen (secondary N) is 1. The van der Waals surface area contributed by atoms with E-state index < -0.39 is 0 Å². The molecule has 3 nitrogen and oxygen atoms in total. The number of hydrogen-bond donors (Lipinski definition) is 1. The van der Waals surface area contributed by atoms with E-state index in [9.17, 15) is 0 Å². The zero-order valence-corrected chi connectivity index (χ0v) is 10.2. The van der Waals surface area contributed by atoms with Crippen molar-refractivity contribution in [2.45, 2.75) is 57.8 Å². The van der Waals surface area contributed by atoms with Crippen LogP contribution in [0.25, 0.3) is 0 Å². The molecule has 2 aliphatic rings. The second-order valence-corrected chi connectivity index (χ2v) is 5.22. The highest BCUT2D eigenvalue weighted by Crippen LogP contribution is 2.19. The molecule has 0 radical (unpaired) electrons. The Morgan fingerprint density at radius 1 is 1.40 bits per heavy atom. The lowest BCUT2D eigenvalue weighted by atomic mass is 10.1. The number of ether oxygens (including phenoxy) is 1. The molecule has 15 heavy (non-hydrogen) atoms. The van der Waals surface area contributed by atoms with Crippen LogP contribution in [0, 0.1) is 0 Å². The van der Waals surface area contributed by atoms with Gasteiger partial charge in [-0.25, -0.2) is 0 Å². The van der Waals surface area contributed by atoms with E-state index in [-0.39, 0.29) is 0 Å². The lowest BCUT2D eigenvalue weighted by molar-refractivity contribution is -0.0629. The Bertz CT molecular complexity index is 206. The summed E-state index contributed by atoms with van der Waals surface area (Å²) in [5, 5.41) is 3.61. The molecule has 3 atom stereocenters. The Morgan fingerprint density at radius 2 is 2.13 bits per heavy atom. The lowest BCUT2D eigenvalue weighted by Gasteiger charge is -2.40. The fourth-order valence-electron chi connectivity index (χ4n) is 2.29. The SMILES string of the molecule is CC1CN(C(C)CNC2CC2)C(C)CO1. The molecule has 3 heteroatoms. The Labute approximate surface area is 93.2 Å². The van der Waals surface area contributed by atoms with Crippen LogP contribution in [0.3, 0.4) is 0 Å². The second kappa shape index (κ2) is 4.81. The average Bonchev–Trinajstić information content (AvgIpc) is 3.02. The summed E-state index contributed by atoms with van der Waals surface area (Å²) < 4.78 is 5.65. The molecular formula is C12H24N2O. The van der Waals surface area contributed by atoms with E-state index >= 15 is 0 Å². The van der Waals surface area contributed by atoms with Gasteiger partial charge in [-0.15, -0.1) is 0 Å². The first-order valence-corrected chi connectivity index (χ1v) is 6.27. The molecule has 1 aliphatic carbocycles. The van der Waals surface area contributed by atoms with Crippen LogP contribution in [-0.4, -0.2) is 48.8 Å². The fourth-order valence-corrected chi connectivity index (χ4v) is 2.29. The van der Waals surface area contributed by atoms with Crippen molar-refractivity contribution >= 4 is 0 Å². The van der Waals surface area contributed by atoms with Gasteiger partial charge in [0.25, 0.3) is 0 Å². The van der Waals surface area contributed by atoms with Crippen LogP contribution < -0.4 is 5.32 Å². The summed E-state index contributed by atoms with van der Waals surface area (Å²) >= 11 is 0. The third-order valence-corrected chi connectivity index (χ3v) is 3.50. The van der Waals surface area contributed by atoms with Gasteiger partial charge >= 0.3 is 0 Å². The van der Waals surface area contributed by atoms with Gasteiger partial charge in [-0.2, -0.15) is 0 Å². The molecule has 0 aromatic heterocycles. The molecule has 1 N–H and O–H groups in total. The van der Waals surface area contributed by atoms with Crippen molar-refractivity contribution < 1.29 is 4.74 Å². The maximum atomic E-state index is 5.65. The van der Waals surface area contributed by atoms with E-state index in [0.29, 0.717) is 18.2 Å². The molecule has 2 rings (SSSR count). The standard InChI is InChI=1S/C12H24N2O/c1-9(6-13-12-4-5-12)14-7-11(3)15-8-10(14)2/h9-13H,4-8H2,1-3H3. The van der Waals surface area contributed by atoms with Crippen molar-refractivity contribution in [3.05, 3.63) is 0 Å². The van der Waals surface area contributed by atoms with Crippen LogP contribution in [0.4, 0.5) is 0 Å². The van der Waals surface area contributed by atoms with Crippen molar-refractivity contribution in [1.29, 1.82) is 0 Å². The minimum atomic E-state index is 0.393. The molecule has 1 heterocycles. The highest BCUT2D eigenvalue weighted by Gasteiger charge is 2.28. The molecular weight excluding hydrogens is 188 g/mol. The van der Waals surface area contributed by atoms with Crippen molar-refractivity contribution in [2.24, 2.45) is 0 Å². The van der Waals surface area contributed by atoms with E-state index in [1.165, 1.54) is 12.8 Å². The minimum Gasteiger partial charge on any atom is -0.376 e. The number of hydrogen-bond acceptors (Lipinski definition) is 3. The highest BCUT2D eigenvalue weighted by molar-refractivity contribution is 4.85. The van der Waals surface area contributed by atoms with Crippen molar-refractivity contribution in [3.8, 4) is 0 Å². The molecule has 3 unspecified atom stereocenters. The van der Waals surface area contributed by atoms with Crippen LogP contribution in [0.15, 0.2) is 0 Å². The van der Waals surface area contributed by atoms with Gasteiger partial charge in [0.1, 0.15) is 0 Å². The van der Waals surface area contributed by atoms with Crippen LogP contribution in [-0.2, 0) is 4.74 Å². The third kappa shape index (κ3) is 3.16. The van der Waals surface area contributed by atoms with E-state index in [4.69, 9.17) is 4.74 Å². The Balaban J connectivity index is 1.77. The van der Waals surface area contributed by atoms with E-state index in [1.807, 2.05) is 0 Å². The van der Waals surface area contributed by atoms with E-state index in [1.54, 1.807) is 0 Å². The van der Waals surface area contributed by atoms with Gasteiger partial charge in [-0.3, -0.25) is 4.90 Å².